The molecule has 4 aromatic rings. The Morgan fingerprint density at radius 1 is 1.00 bits per heavy atom. The molecule has 9 heteroatoms. The Morgan fingerprint density at radius 2 is 1.56 bits per heavy atom. The zero-order chi connectivity index (χ0) is 22.7. The molecule has 0 aliphatic rings. The third kappa shape index (κ3) is 4.28. The van der Waals surface area contributed by atoms with Crippen LogP contribution in [0.1, 0.15) is 13.8 Å². The maximum absolute atomic E-state index is 13.6. The highest BCUT2D eigenvalue weighted by Gasteiger charge is 2.20. The largest absolute Gasteiger partial charge is 0.343 e. The number of fused-ring (bicyclic) bond motifs is 1. The van der Waals surface area contributed by atoms with Crippen molar-refractivity contribution in [3.63, 3.8) is 0 Å². The summed E-state index contributed by atoms with van der Waals surface area (Å²) in [5.41, 5.74) is 1.88. The molecule has 0 unspecified atom stereocenters. The summed E-state index contributed by atoms with van der Waals surface area (Å²) in [6.07, 6.45) is 0. The van der Waals surface area contributed by atoms with Gasteiger partial charge in [-0.1, -0.05) is 59.5 Å². The first-order valence-electron chi connectivity index (χ1n) is 10.2. The predicted molar refractivity (Wildman–Crippen MR) is 134 cm³/mol. The zero-order valence-electron chi connectivity index (χ0n) is 17.7. The van der Waals surface area contributed by atoms with Crippen LogP contribution in [0.5, 0.6) is 0 Å². The number of hydrogen-bond donors (Lipinski definition) is 0. The standard InChI is InChI=1S/C23H22N4O2S3/c1-3-25(4-2)18(28)15-31-22-24-20-19(21(29)27(22)17-13-9-6-10-14-17)32-23(30)26(20)16-11-7-5-8-12-16/h5-14H,3-4,15H2,1-2H3. The minimum atomic E-state index is -0.190. The van der Waals surface area contributed by atoms with Crippen LogP contribution in [-0.4, -0.2) is 43.8 Å². The molecule has 164 valence electrons. The van der Waals surface area contributed by atoms with Crippen molar-refractivity contribution in [2.45, 2.75) is 19.0 Å². The first-order valence-corrected chi connectivity index (χ1v) is 12.5. The molecule has 0 spiro atoms. The van der Waals surface area contributed by atoms with Crippen molar-refractivity contribution in [1.82, 2.24) is 19.0 Å². The van der Waals surface area contributed by atoms with E-state index in [2.05, 4.69) is 0 Å². The molecule has 1 amide bonds. The number of benzene rings is 2. The second-order valence-corrected chi connectivity index (χ2v) is 9.50. The van der Waals surface area contributed by atoms with E-state index in [1.54, 1.807) is 9.47 Å². The van der Waals surface area contributed by atoms with Crippen LogP contribution >= 0.6 is 35.3 Å². The van der Waals surface area contributed by atoms with Crippen LogP contribution in [0.2, 0.25) is 0 Å². The number of para-hydroxylation sites is 2. The van der Waals surface area contributed by atoms with E-state index < -0.39 is 0 Å². The number of aromatic nitrogens is 3. The lowest BCUT2D eigenvalue weighted by Crippen LogP contribution is -2.32. The second kappa shape index (κ2) is 9.81. The lowest BCUT2D eigenvalue weighted by molar-refractivity contribution is -0.127. The first kappa shape index (κ1) is 22.4. The maximum Gasteiger partial charge on any atom is 0.278 e. The van der Waals surface area contributed by atoms with Gasteiger partial charge in [0.2, 0.25) is 5.91 Å². The molecule has 0 fully saturated rings. The highest BCUT2D eigenvalue weighted by atomic mass is 32.2. The summed E-state index contributed by atoms with van der Waals surface area (Å²) in [4.78, 5) is 32.9. The molecule has 0 atom stereocenters. The Balaban J connectivity index is 1.90. The topological polar surface area (TPSA) is 60.1 Å². The predicted octanol–water partition coefficient (Wildman–Crippen LogP) is 4.93. The molecule has 2 aromatic carbocycles. The lowest BCUT2D eigenvalue weighted by Gasteiger charge is -2.19. The molecule has 6 nitrogen and oxygen atoms in total. The Bertz CT molecular complexity index is 1360. The Hall–Kier alpha value is -2.75. The molecular formula is C23H22N4O2S3. The number of carbonyl (C=O) groups is 1. The SMILES string of the molecule is CCN(CC)C(=O)CSc1nc2c(sc(=S)n2-c2ccccc2)c(=O)n1-c1ccccc1. The van der Waals surface area contributed by atoms with Gasteiger partial charge in [0, 0.05) is 18.8 Å². The van der Waals surface area contributed by atoms with Crippen LogP contribution < -0.4 is 5.56 Å². The minimum Gasteiger partial charge on any atom is -0.343 e. The molecule has 0 N–H and O–H groups in total. The van der Waals surface area contributed by atoms with Gasteiger partial charge >= 0.3 is 0 Å². The van der Waals surface area contributed by atoms with Gasteiger partial charge in [-0.3, -0.25) is 18.7 Å². The summed E-state index contributed by atoms with van der Waals surface area (Å²) in [5, 5.41) is 0.465. The van der Waals surface area contributed by atoms with Gasteiger partial charge < -0.3 is 4.90 Å². The van der Waals surface area contributed by atoms with Crippen LogP contribution in [0.4, 0.5) is 0 Å². The van der Waals surface area contributed by atoms with Crippen LogP contribution in [-0.2, 0) is 4.79 Å². The molecule has 4 rings (SSSR count). The second-order valence-electron chi connectivity index (χ2n) is 6.92. The van der Waals surface area contributed by atoms with Crippen LogP contribution in [0.3, 0.4) is 0 Å². The number of rotatable bonds is 7. The normalized spacial score (nSPS) is 11.1. The fourth-order valence-corrected chi connectivity index (χ4v) is 5.65. The van der Waals surface area contributed by atoms with E-state index in [1.165, 1.54) is 23.1 Å². The Morgan fingerprint density at radius 3 is 2.12 bits per heavy atom. The highest BCUT2D eigenvalue weighted by Crippen LogP contribution is 2.27. The van der Waals surface area contributed by atoms with E-state index in [0.29, 0.717) is 38.2 Å². The third-order valence-electron chi connectivity index (χ3n) is 5.05. The van der Waals surface area contributed by atoms with Gasteiger partial charge in [-0.05, 0) is 50.3 Å². The molecule has 32 heavy (non-hydrogen) atoms. The molecule has 0 saturated carbocycles. The summed E-state index contributed by atoms with van der Waals surface area (Å²) >= 11 is 8.12. The maximum atomic E-state index is 13.6. The van der Waals surface area contributed by atoms with Gasteiger partial charge in [-0.15, -0.1) is 0 Å². The molecule has 0 radical (unpaired) electrons. The van der Waals surface area contributed by atoms with Crippen molar-refractivity contribution in [1.29, 1.82) is 0 Å². The average molecular weight is 483 g/mol. The van der Waals surface area contributed by atoms with Crippen molar-refractivity contribution in [2.24, 2.45) is 0 Å². The quantitative estimate of drug-likeness (QED) is 0.212. The van der Waals surface area contributed by atoms with Gasteiger partial charge in [-0.25, -0.2) is 4.98 Å². The number of nitrogens with zero attached hydrogens (tertiary/aromatic N) is 4. The monoisotopic (exact) mass is 482 g/mol. The smallest absolute Gasteiger partial charge is 0.278 e. The number of hydrogen-bond acceptors (Lipinski definition) is 6. The first-order chi connectivity index (χ1) is 15.5. The summed E-state index contributed by atoms with van der Waals surface area (Å²) < 4.78 is 4.43. The summed E-state index contributed by atoms with van der Waals surface area (Å²) in [7, 11) is 0. The Kier molecular flexibility index (Phi) is 6.88. The number of amides is 1. The number of carbonyl (C=O) groups excluding carboxylic acids is 1. The average Bonchev–Trinajstić information content (AvgIpc) is 3.16. The molecule has 2 aromatic heterocycles. The van der Waals surface area contributed by atoms with E-state index in [9.17, 15) is 9.59 Å². The number of thiazole rings is 1. The van der Waals surface area contributed by atoms with Crippen molar-refractivity contribution in [2.75, 3.05) is 18.8 Å². The highest BCUT2D eigenvalue weighted by molar-refractivity contribution is 7.99. The van der Waals surface area contributed by atoms with E-state index in [1.807, 2.05) is 79.1 Å². The van der Waals surface area contributed by atoms with E-state index >= 15 is 0 Å². The van der Waals surface area contributed by atoms with Crippen LogP contribution in [0.25, 0.3) is 21.7 Å². The molecular weight excluding hydrogens is 460 g/mol. The minimum absolute atomic E-state index is 0.0131. The van der Waals surface area contributed by atoms with E-state index in [-0.39, 0.29) is 17.2 Å². The van der Waals surface area contributed by atoms with Crippen molar-refractivity contribution in [3.8, 4) is 11.4 Å². The van der Waals surface area contributed by atoms with Crippen LogP contribution in [0, 0.1) is 3.95 Å². The van der Waals surface area contributed by atoms with Gasteiger partial charge in [-0.2, -0.15) is 0 Å². The third-order valence-corrected chi connectivity index (χ3v) is 7.32. The molecule has 0 aliphatic heterocycles. The zero-order valence-corrected chi connectivity index (χ0v) is 20.2. The van der Waals surface area contributed by atoms with Gasteiger partial charge in [0.15, 0.2) is 14.8 Å². The summed E-state index contributed by atoms with van der Waals surface area (Å²) in [6, 6.07) is 19.0. The van der Waals surface area contributed by atoms with Crippen molar-refractivity contribution in [3.05, 3.63) is 75.0 Å². The fourth-order valence-electron chi connectivity index (χ4n) is 3.44. The van der Waals surface area contributed by atoms with E-state index in [4.69, 9.17) is 17.2 Å². The summed E-state index contributed by atoms with van der Waals surface area (Å²) in [5.74, 6) is 0.210. The van der Waals surface area contributed by atoms with Gasteiger partial charge in [0.25, 0.3) is 5.56 Å². The molecule has 0 bridgehead atoms. The summed E-state index contributed by atoms with van der Waals surface area (Å²) in [6.45, 7) is 5.20. The number of thioether (sulfide) groups is 1. The van der Waals surface area contributed by atoms with Crippen molar-refractivity contribution >= 4 is 51.6 Å². The molecule has 0 aliphatic carbocycles. The lowest BCUT2D eigenvalue weighted by atomic mass is 10.3. The fraction of sp³-hybridized carbons (Fsp3) is 0.217. The van der Waals surface area contributed by atoms with Gasteiger partial charge in [0.1, 0.15) is 4.70 Å². The molecule has 2 heterocycles. The Labute approximate surface area is 199 Å². The van der Waals surface area contributed by atoms with Gasteiger partial charge in [0.05, 0.1) is 11.4 Å². The van der Waals surface area contributed by atoms with Crippen LogP contribution in [0.15, 0.2) is 70.6 Å². The molecule has 0 saturated heterocycles. The van der Waals surface area contributed by atoms with Crippen molar-refractivity contribution < 1.29 is 4.79 Å². The van der Waals surface area contributed by atoms with E-state index in [0.717, 1.165) is 5.69 Å².